The minimum absolute atomic E-state index is 0.0454. The Morgan fingerprint density at radius 1 is 1.35 bits per heavy atom. The maximum absolute atomic E-state index is 12.7. The van der Waals surface area contributed by atoms with Crippen molar-refractivity contribution >= 4 is 34.5 Å². The van der Waals surface area contributed by atoms with E-state index in [0.717, 1.165) is 23.1 Å². The van der Waals surface area contributed by atoms with Gasteiger partial charge in [0.2, 0.25) is 5.91 Å². The number of hydrogen-bond acceptors (Lipinski definition) is 3. The molecular weight excluding hydrogens is 349 g/mol. The van der Waals surface area contributed by atoms with Crippen molar-refractivity contribution in [1.29, 1.82) is 0 Å². The average Bonchev–Trinajstić information content (AvgIpc) is 2.92. The van der Waals surface area contributed by atoms with Crippen molar-refractivity contribution in [3.8, 4) is 0 Å². The van der Waals surface area contributed by atoms with Crippen LogP contribution in [0.3, 0.4) is 0 Å². The number of amides is 1. The van der Waals surface area contributed by atoms with Crippen LogP contribution in [0.2, 0.25) is 5.02 Å². The van der Waals surface area contributed by atoms with Gasteiger partial charge in [0.15, 0.2) is 0 Å². The summed E-state index contributed by atoms with van der Waals surface area (Å²) in [5.74, 6) is -0.426. The number of likely N-dealkylation sites (N-methyl/N-ethyl adjacent to an activating group) is 1. The van der Waals surface area contributed by atoms with Crippen molar-refractivity contribution in [2.24, 2.45) is 0 Å². The molecule has 0 fully saturated rings. The average molecular weight is 363 g/mol. The van der Waals surface area contributed by atoms with Gasteiger partial charge in [-0.3, -0.25) is 9.69 Å². The first-order valence-corrected chi connectivity index (χ1v) is 7.89. The first-order valence-electron chi connectivity index (χ1n) is 6.63. The molecule has 0 aliphatic carbocycles. The van der Waals surface area contributed by atoms with Gasteiger partial charge in [0, 0.05) is 11.4 Å². The van der Waals surface area contributed by atoms with Crippen LogP contribution in [-0.4, -0.2) is 24.4 Å². The maximum atomic E-state index is 12.7. The van der Waals surface area contributed by atoms with Crippen molar-refractivity contribution < 1.29 is 18.0 Å². The summed E-state index contributed by atoms with van der Waals surface area (Å²) in [6.07, 6.45) is -4.49. The Morgan fingerprint density at radius 3 is 2.70 bits per heavy atom. The zero-order valence-corrected chi connectivity index (χ0v) is 13.7. The van der Waals surface area contributed by atoms with Gasteiger partial charge in [0.25, 0.3) is 0 Å². The molecule has 1 aromatic heterocycles. The van der Waals surface area contributed by atoms with Crippen LogP contribution in [-0.2, 0) is 17.5 Å². The fourth-order valence-electron chi connectivity index (χ4n) is 1.96. The number of nitrogens with zero attached hydrogens (tertiary/aromatic N) is 1. The van der Waals surface area contributed by atoms with E-state index in [2.05, 4.69) is 5.32 Å². The Labute approximate surface area is 140 Å². The van der Waals surface area contributed by atoms with Gasteiger partial charge < -0.3 is 5.32 Å². The zero-order chi connectivity index (χ0) is 17.0. The van der Waals surface area contributed by atoms with Gasteiger partial charge in [-0.25, -0.2) is 0 Å². The van der Waals surface area contributed by atoms with E-state index < -0.39 is 17.6 Å². The van der Waals surface area contributed by atoms with Crippen LogP contribution >= 0.6 is 22.9 Å². The molecule has 23 heavy (non-hydrogen) atoms. The minimum Gasteiger partial charge on any atom is -0.324 e. The van der Waals surface area contributed by atoms with Gasteiger partial charge >= 0.3 is 6.18 Å². The lowest BCUT2D eigenvalue weighted by atomic mass is 10.2. The zero-order valence-electron chi connectivity index (χ0n) is 12.2. The normalized spacial score (nSPS) is 11.7. The molecule has 2 aromatic rings. The van der Waals surface area contributed by atoms with Crippen LogP contribution in [0.25, 0.3) is 0 Å². The highest BCUT2D eigenvalue weighted by Crippen LogP contribution is 2.33. The second-order valence-electron chi connectivity index (χ2n) is 4.99. The predicted molar refractivity (Wildman–Crippen MR) is 85.7 cm³/mol. The molecule has 0 aliphatic rings. The molecule has 1 N–H and O–H groups in total. The number of anilines is 1. The third-order valence-corrected chi connectivity index (χ3v) is 4.18. The van der Waals surface area contributed by atoms with Crippen LogP contribution in [0.5, 0.6) is 0 Å². The quantitative estimate of drug-likeness (QED) is 0.849. The van der Waals surface area contributed by atoms with E-state index >= 15 is 0 Å². The van der Waals surface area contributed by atoms with Crippen molar-refractivity contribution in [2.45, 2.75) is 12.7 Å². The summed E-state index contributed by atoms with van der Waals surface area (Å²) >= 11 is 7.42. The predicted octanol–water partition coefficient (Wildman–Crippen LogP) is 4.49. The van der Waals surface area contributed by atoms with E-state index in [1.807, 2.05) is 17.5 Å². The third-order valence-electron chi connectivity index (χ3n) is 2.99. The van der Waals surface area contributed by atoms with E-state index in [1.54, 1.807) is 23.3 Å². The number of nitrogens with one attached hydrogen (secondary N) is 1. The summed E-state index contributed by atoms with van der Waals surface area (Å²) in [7, 11) is 1.76. The molecule has 3 nitrogen and oxygen atoms in total. The summed E-state index contributed by atoms with van der Waals surface area (Å²) in [6.45, 7) is 0.631. The van der Waals surface area contributed by atoms with Crippen LogP contribution in [0, 0.1) is 0 Å². The van der Waals surface area contributed by atoms with Crippen LogP contribution in [0.15, 0.2) is 35.7 Å². The number of thiophene rings is 1. The van der Waals surface area contributed by atoms with Crippen molar-refractivity contribution in [3.05, 3.63) is 51.2 Å². The Kier molecular flexibility index (Phi) is 5.67. The van der Waals surface area contributed by atoms with Gasteiger partial charge in [-0.05, 0) is 36.7 Å². The number of hydrogen-bond donors (Lipinski definition) is 1. The highest BCUT2D eigenvalue weighted by molar-refractivity contribution is 7.09. The SMILES string of the molecule is CN(CC(=O)Nc1cc(C(F)(F)F)ccc1Cl)Cc1cccs1. The van der Waals surface area contributed by atoms with Gasteiger partial charge in [0.1, 0.15) is 0 Å². The molecule has 0 unspecified atom stereocenters. The van der Waals surface area contributed by atoms with Crippen molar-refractivity contribution in [2.75, 3.05) is 18.9 Å². The second kappa shape index (κ2) is 7.33. The maximum Gasteiger partial charge on any atom is 0.416 e. The van der Waals surface area contributed by atoms with E-state index in [0.29, 0.717) is 6.54 Å². The van der Waals surface area contributed by atoms with Crippen molar-refractivity contribution in [3.63, 3.8) is 0 Å². The standard InChI is InChI=1S/C15H14ClF3N2OS/c1-21(8-11-3-2-6-23-11)9-14(22)20-13-7-10(15(17,18)19)4-5-12(13)16/h2-7H,8-9H2,1H3,(H,20,22). The number of carbonyl (C=O) groups is 1. The number of alkyl halides is 3. The highest BCUT2D eigenvalue weighted by Gasteiger charge is 2.31. The van der Waals surface area contributed by atoms with E-state index in [-0.39, 0.29) is 17.3 Å². The summed E-state index contributed by atoms with van der Waals surface area (Å²) in [5, 5.41) is 4.42. The molecular formula is C15H14ClF3N2OS. The third kappa shape index (κ3) is 5.23. The highest BCUT2D eigenvalue weighted by atomic mass is 35.5. The Morgan fingerprint density at radius 2 is 2.09 bits per heavy atom. The number of benzene rings is 1. The fourth-order valence-corrected chi connectivity index (χ4v) is 2.91. The number of rotatable bonds is 5. The number of carbonyl (C=O) groups excluding carboxylic acids is 1. The Bertz CT molecular complexity index is 674. The molecule has 1 aromatic carbocycles. The lowest BCUT2D eigenvalue weighted by Crippen LogP contribution is -2.29. The molecule has 0 atom stereocenters. The van der Waals surface area contributed by atoms with E-state index in [4.69, 9.17) is 11.6 Å². The molecule has 0 saturated carbocycles. The monoisotopic (exact) mass is 362 g/mol. The molecule has 8 heteroatoms. The molecule has 1 heterocycles. The summed E-state index contributed by atoms with van der Waals surface area (Å²) in [5.41, 5.74) is -0.903. The molecule has 0 spiro atoms. The van der Waals surface area contributed by atoms with Gasteiger partial charge in [0.05, 0.1) is 22.8 Å². The summed E-state index contributed by atoms with van der Waals surface area (Å²) in [6, 6.07) is 6.69. The molecule has 0 radical (unpaired) electrons. The molecule has 0 bridgehead atoms. The first-order chi connectivity index (χ1) is 10.8. The van der Waals surface area contributed by atoms with Gasteiger partial charge in [-0.1, -0.05) is 17.7 Å². The Balaban J connectivity index is 1.99. The van der Waals surface area contributed by atoms with E-state index in [1.165, 1.54) is 0 Å². The summed E-state index contributed by atoms with van der Waals surface area (Å²) < 4.78 is 38.1. The first kappa shape index (κ1) is 17.8. The molecule has 0 aliphatic heterocycles. The van der Waals surface area contributed by atoms with E-state index in [9.17, 15) is 18.0 Å². The fraction of sp³-hybridized carbons (Fsp3) is 0.267. The largest absolute Gasteiger partial charge is 0.416 e. The van der Waals surface area contributed by atoms with Crippen LogP contribution < -0.4 is 5.32 Å². The number of halogens is 4. The van der Waals surface area contributed by atoms with Crippen molar-refractivity contribution in [1.82, 2.24) is 4.90 Å². The second-order valence-corrected chi connectivity index (χ2v) is 6.43. The van der Waals surface area contributed by atoms with Crippen LogP contribution in [0.1, 0.15) is 10.4 Å². The lowest BCUT2D eigenvalue weighted by Gasteiger charge is -2.16. The minimum atomic E-state index is -4.49. The summed E-state index contributed by atoms with van der Waals surface area (Å²) in [4.78, 5) is 14.8. The van der Waals surface area contributed by atoms with Gasteiger partial charge in [-0.2, -0.15) is 13.2 Å². The van der Waals surface area contributed by atoms with Crippen LogP contribution in [0.4, 0.5) is 18.9 Å². The lowest BCUT2D eigenvalue weighted by molar-refractivity contribution is -0.137. The molecule has 124 valence electrons. The topological polar surface area (TPSA) is 32.3 Å². The molecule has 2 rings (SSSR count). The van der Waals surface area contributed by atoms with Gasteiger partial charge in [-0.15, -0.1) is 11.3 Å². The Hall–Kier alpha value is -1.57. The molecule has 1 amide bonds. The molecule has 0 saturated heterocycles. The smallest absolute Gasteiger partial charge is 0.324 e.